The van der Waals surface area contributed by atoms with Gasteiger partial charge in [-0.3, -0.25) is 0 Å². The molecule has 0 aliphatic carbocycles. The third-order valence-corrected chi connectivity index (χ3v) is 6.47. The second-order valence-electron chi connectivity index (χ2n) is 5.00. The van der Waals surface area contributed by atoms with Crippen LogP contribution in [0.3, 0.4) is 0 Å². The third kappa shape index (κ3) is 2.02. The summed E-state index contributed by atoms with van der Waals surface area (Å²) < 4.78 is 16.9. The smallest absolute Gasteiger partial charge is 0.479 e. The van der Waals surface area contributed by atoms with Gasteiger partial charge >= 0.3 is 14.8 Å². The normalized spacial score (nSPS) is 45.9. The largest absolute Gasteiger partial charge is 0.504 e. The van der Waals surface area contributed by atoms with Crippen LogP contribution in [0.4, 0.5) is 0 Å². The highest BCUT2D eigenvalue weighted by atomic mass is 28.4. The standard InChI is InChI=1S/C10H18O6Si/c1-5(2)17-14-4-6(3)7(11)8(15-17)9(16-17)10(12)13/h5-9,11H,4H2,1-3H3,(H,12,13). The Morgan fingerprint density at radius 3 is 2.59 bits per heavy atom. The van der Waals surface area contributed by atoms with E-state index in [1.165, 1.54) is 0 Å². The number of carbonyl (C=O) groups is 1. The highest BCUT2D eigenvalue weighted by Gasteiger charge is 2.62. The van der Waals surface area contributed by atoms with Crippen LogP contribution in [0.5, 0.6) is 0 Å². The molecule has 2 bridgehead atoms. The molecule has 2 fully saturated rings. The first-order valence-corrected chi connectivity index (χ1v) is 7.58. The number of carboxylic acid groups (broad SMARTS) is 1. The van der Waals surface area contributed by atoms with Crippen molar-refractivity contribution >= 4 is 14.8 Å². The average Bonchev–Trinajstić information content (AvgIpc) is 2.60. The van der Waals surface area contributed by atoms with E-state index in [2.05, 4.69) is 0 Å². The fourth-order valence-corrected chi connectivity index (χ4v) is 4.94. The number of carboxylic acids is 1. The van der Waals surface area contributed by atoms with Gasteiger partial charge in [0.2, 0.25) is 0 Å². The van der Waals surface area contributed by atoms with Crippen LogP contribution in [-0.4, -0.2) is 49.9 Å². The monoisotopic (exact) mass is 262 g/mol. The Morgan fingerprint density at radius 2 is 2.06 bits per heavy atom. The van der Waals surface area contributed by atoms with Gasteiger partial charge in [0.25, 0.3) is 0 Å². The number of hydrogen-bond donors (Lipinski definition) is 2. The molecular formula is C10H18O6Si. The molecule has 2 N–H and O–H groups in total. The molecule has 0 amide bonds. The maximum Gasteiger partial charge on any atom is 0.504 e. The van der Waals surface area contributed by atoms with Gasteiger partial charge in [0.15, 0.2) is 6.10 Å². The van der Waals surface area contributed by atoms with E-state index in [4.69, 9.17) is 18.4 Å². The number of aliphatic hydroxyl groups is 1. The predicted molar refractivity (Wildman–Crippen MR) is 59.4 cm³/mol. The second-order valence-corrected chi connectivity index (χ2v) is 8.12. The Balaban J connectivity index is 2.32. The Kier molecular flexibility index (Phi) is 3.30. The van der Waals surface area contributed by atoms with Crippen molar-refractivity contribution < 1.29 is 28.3 Å². The molecule has 0 saturated carbocycles. The maximum absolute atomic E-state index is 11.1. The van der Waals surface area contributed by atoms with Crippen molar-refractivity contribution in [2.45, 2.75) is 44.6 Å². The third-order valence-electron chi connectivity index (χ3n) is 3.31. The molecule has 7 heteroatoms. The summed E-state index contributed by atoms with van der Waals surface area (Å²) in [4.78, 5) is 11.1. The van der Waals surface area contributed by atoms with Crippen molar-refractivity contribution in [1.82, 2.24) is 0 Å². The van der Waals surface area contributed by atoms with E-state index in [-0.39, 0.29) is 11.5 Å². The van der Waals surface area contributed by atoms with Gasteiger partial charge < -0.3 is 23.5 Å². The lowest BCUT2D eigenvalue weighted by Crippen LogP contribution is -2.47. The van der Waals surface area contributed by atoms with Crippen LogP contribution < -0.4 is 0 Å². The summed E-state index contributed by atoms with van der Waals surface area (Å²) in [6.45, 7) is 5.93. The summed E-state index contributed by atoms with van der Waals surface area (Å²) >= 11 is 0. The van der Waals surface area contributed by atoms with Crippen LogP contribution in [0.25, 0.3) is 0 Å². The van der Waals surface area contributed by atoms with E-state index in [9.17, 15) is 9.90 Å². The summed E-state index contributed by atoms with van der Waals surface area (Å²) in [6.07, 6.45) is -2.81. The van der Waals surface area contributed by atoms with Crippen molar-refractivity contribution in [1.29, 1.82) is 0 Å². The van der Waals surface area contributed by atoms with Crippen LogP contribution >= 0.6 is 0 Å². The zero-order valence-corrected chi connectivity index (χ0v) is 11.1. The maximum atomic E-state index is 11.1. The minimum atomic E-state index is -2.96. The minimum absolute atomic E-state index is 0.0214. The Labute approximate surface area is 101 Å². The number of hydrogen-bond acceptors (Lipinski definition) is 5. The molecule has 5 atom stereocenters. The van der Waals surface area contributed by atoms with Gasteiger partial charge in [-0.1, -0.05) is 20.8 Å². The van der Waals surface area contributed by atoms with E-state index in [1.54, 1.807) is 0 Å². The lowest BCUT2D eigenvalue weighted by molar-refractivity contribution is -0.150. The lowest BCUT2D eigenvalue weighted by Gasteiger charge is -2.28. The Bertz CT molecular complexity index is 322. The van der Waals surface area contributed by atoms with Crippen molar-refractivity contribution in [2.75, 3.05) is 6.61 Å². The molecule has 0 radical (unpaired) electrons. The lowest BCUT2D eigenvalue weighted by atomic mass is 9.97. The Morgan fingerprint density at radius 1 is 1.41 bits per heavy atom. The van der Waals surface area contributed by atoms with Crippen molar-refractivity contribution in [3.63, 3.8) is 0 Å². The van der Waals surface area contributed by atoms with Gasteiger partial charge in [-0.05, 0) is 0 Å². The molecule has 0 aromatic heterocycles. The first kappa shape index (κ1) is 13.0. The van der Waals surface area contributed by atoms with Gasteiger partial charge in [0, 0.05) is 18.1 Å². The van der Waals surface area contributed by atoms with Crippen molar-refractivity contribution in [2.24, 2.45) is 5.92 Å². The summed E-state index contributed by atoms with van der Waals surface area (Å²) in [6, 6.07) is 0. The zero-order chi connectivity index (χ0) is 12.8. The van der Waals surface area contributed by atoms with Crippen molar-refractivity contribution in [3.8, 4) is 0 Å². The first-order valence-electron chi connectivity index (χ1n) is 5.78. The van der Waals surface area contributed by atoms with E-state index >= 15 is 0 Å². The van der Waals surface area contributed by atoms with E-state index in [0.717, 1.165) is 0 Å². The number of fused-ring (bicyclic) bond motifs is 2. The van der Waals surface area contributed by atoms with Gasteiger partial charge in [-0.25, -0.2) is 4.79 Å². The van der Waals surface area contributed by atoms with E-state index < -0.39 is 33.1 Å². The molecule has 0 aromatic rings. The first-order chi connectivity index (χ1) is 7.87. The van der Waals surface area contributed by atoms with Crippen LogP contribution in [0.15, 0.2) is 0 Å². The molecule has 0 spiro atoms. The molecule has 5 unspecified atom stereocenters. The van der Waals surface area contributed by atoms with Gasteiger partial charge in [0.1, 0.15) is 6.10 Å². The highest BCUT2D eigenvalue weighted by molar-refractivity contribution is 6.63. The molecule has 17 heavy (non-hydrogen) atoms. The molecular weight excluding hydrogens is 244 g/mol. The predicted octanol–water partition coefficient (Wildman–Crippen LogP) is 0.231. The highest BCUT2D eigenvalue weighted by Crippen LogP contribution is 2.40. The Hall–Kier alpha value is -0.473. The molecule has 2 heterocycles. The second kappa shape index (κ2) is 4.32. The summed E-state index contributed by atoms with van der Waals surface area (Å²) in [5.74, 6) is -1.26. The summed E-state index contributed by atoms with van der Waals surface area (Å²) in [5, 5.41) is 19.1. The molecule has 6 nitrogen and oxygen atoms in total. The molecule has 98 valence electrons. The number of aliphatic hydroxyl groups excluding tert-OH is 1. The van der Waals surface area contributed by atoms with E-state index in [0.29, 0.717) is 6.61 Å². The summed E-state index contributed by atoms with van der Waals surface area (Å²) in [5.41, 5.74) is -0.0214. The number of aliphatic carboxylic acids is 1. The van der Waals surface area contributed by atoms with Crippen LogP contribution in [0, 0.1) is 5.92 Å². The summed E-state index contributed by atoms with van der Waals surface area (Å²) in [7, 11) is -2.96. The fraction of sp³-hybridized carbons (Fsp3) is 0.900. The van der Waals surface area contributed by atoms with Crippen LogP contribution in [-0.2, 0) is 18.1 Å². The van der Waals surface area contributed by atoms with Crippen LogP contribution in [0.2, 0.25) is 5.54 Å². The molecule has 2 saturated heterocycles. The molecule has 0 aromatic carbocycles. The topological polar surface area (TPSA) is 85.2 Å². The quantitative estimate of drug-likeness (QED) is 0.693. The van der Waals surface area contributed by atoms with Crippen LogP contribution in [0.1, 0.15) is 20.8 Å². The zero-order valence-electron chi connectivity index (χ0n) is 10.1. The number of rotatable bonds is 2. The van der Waals surface area contributed by atoms with E-state index in [1.807, 2.05) is 20.8 Å². The van der Waals surface area contributed by atoms with Gasteiger partial charge in [-0.2, -0.15) is 0 Å². The SMILES string of the molecule is CC1CO[Si]2(C(C)C)OC(C(=O)O)C(O2)C1O. The fourth-order valence-electron chi connectivity index (χ4n) is 2.14. The van der Waals surface area contributed by atoms with Gasteiger partial charge in [-0.15, -0.1) is 0 Å². The molecule has 2 aliphatic rings. The van der Waals surface area contributed by atoms with Crippen molar-refractivity contribution in [3.05, 3.63) is 0 Å². The average molecular weight is 262 g/mol. The van der Waals surface area contributed by atoms with Gasteiger partial charge in [0.05, 0.1) is 6.10 Å². The molecule has 2 aliphatic heterocycles. The molecule has 2 rings (SSSR count). The minimum Gasteiger partial charge on any atom is -0.479 e.